The number of alkyl halides is 3. The Bertz CT molecular complexity index is 882. The van der Waals surface area contributed by atoms with Gasteiger partial charge >= 0.3 is 12.1 Å². The number of carboxylic acid groups (broad SMARTS) is 1. The molecule has 0 radical (unpaired) electrons. The van der Waals surface area contributed by atoms with Gasteiger partial charge in [0.25, 0.3) is 0 Å². The van der Waals surface area contributed by atoms with Crippen molar-refractivity contribution in [3.05, 3.63) is 70.4 Å². The molecule has 0 amide bonds. The number of halogens is 4. The van der Waals surface area contributed by atoms with E-state index in [-0.39, 0.29) is 16.3 Å². The third-order valence-electron chi connectivity index (χ3n) is 3.83. The Morgan fingerprint density at radius 1 is 1.15 bits per heavy atom. The summed E-state index contributed by atoms with van der Waals surface area (Å²) in [4.78, 5) is 10.9. The van der Waals surface area contributed by atoms with E-state index >= 15 is 0 Å². The lowest BCUT2D eigenvalue weighted by molar-refractivity contribution is -0.137. The molecule has 2 aromatic rings. The van der Waals surface area contributed by atoms with Crippen molar-refractivity contribution in [2.45, 2.75) is 6.18 Å². The van der Waals surface area contributed by atoms with Crippen molar-refractivity contribution in [1.29, 1.82) is 0 Å². The van der Waals surface area contributed by atoms with Crippen LogP contribution in [0, 0.1) is 0 Å². The van der Waals surface area contributed by atoms with Crippen molar-refractivity contribution in [1.82, 2.24) is 10.5 Å². The van der Waals surface area contributed by atoms with Crippen molar-refractivity contribution < 1.29 is 23.1 Å². The minimum absolute atomic E-state index is 0.140. The van der Waals surface area contributed by atoms with Crippen LogP contribution in [0.25, 0.3) is 5.70 Å². The first kappa shape index (κ1) is 18.1. The van der Waals surface area contributed by atoms with Gasteiger partial charge in [-0.2, -0.15) is 13.2 Å². The maximum atomic E-state index is 13.0. The second-order valence-electron chi connectivity index (χ2n) is 5.59. The van der Waals surface area contributed by atoms with Crippen LogP contribution in [0.1, 0.15) is 21.5 Å². The first-order chi connectivity index (χ1) is 12.2. The van der Waals surface area contributed by atoms with E-state index in [1.165, 1.54) is 23.2 Å². The van der Waals surface area contributed by atoms with Gasteiger partial charge in [-0.3, -0.25) is 10.0 Å². The molecule has 1 heterocycles. The molecule has 0 bridgehead atoms. The number of hydrazine groups is 2. The minimum Gasteiger partial charge on any atom is -0.478 e. The zero-order valence-electron chi connectivity index (χ0n) is 13.4. The number of nitrogens with zero attached hydrogens (tertiary/aromatic N) is 2. The number of hydrogen-bond donors (Lipinski definition) is 2. The van der Waals surface area contributed by atoms with Crippen LogP contribution in [0.5, 0.6) is 0 Å². The van der Waals surface area contributed by atoms with Gasteiger partial charge in [-0.25, -0.2) is 4.79 Å². The molecule has 0 unspecified atom stereocenters. The van der Waals surface area contributed by atoms with Gasteiger partial charge in [0.15, 0.2) is 0 Å². The molecule has 0 aliphatic carbocycles. The van der Waals surface area contributed by atoms with Gasteiger partial charge in [0.2, 0.25) is 0 Å². The molecule has 5 nitrogen and oxygen atoms in total. The number of anilines is 1. The first-order valence-corrected chi connectivity index (χ1v) is 7.76. The fourth-order valence-electron chi connectivity index (χ4n) is 2.50. The number of carboxylic acids is 1. The third kappa shape index (κ3) is 3.47. The molecular formula is C17H13ClF3N3O2. The number of aromatic carboxylic acids is 1. The van der Waals surface area contributed by atoms with Crippen molar-refractivity contribution in [3.8, 4) is 0 Å². The maximum Gasteiger partial charge on any atom is 0.416 e. The lowest BCUT2D eigenvalue weighted by Crippen LogP contribution is -2.38. The largest absolute Gasteiger partial charge is 0.478 e. The highest BCUT2D eigenvalue weighted by molar-refractivity contribution is 6.33. The molecule has 0 saturated heterocycles. The zero-order chi connectivity index (χ0) is 19.1. The lowest BCUT2D eigenvalue weighted by Gasteiger charge is -2.22. The molecule has 0 saturated carbocycles. The van der Waals surface area contributed by atoms with Gasteiger partial charge in [-0.05, 0) is 30.3 Å². The molecule has 26 heavy (non-hydrogen) atoms. The van der Waals surface area contributed by atoms with Crippen molar-refractivity contribution >= 4 is 29.0 Å². The smallest absolute Gasteiger partial charge is 0.416 e. The van der Waals surface area contributed by atoms with Gasteiger partial charge in [-0.15, -0.1) is 5.53 Å². The summed E-state index contributed by atoms with van der Waals surface area (Å²) in [6.07, 6.45) is -2.90. The van der Waals surface area contributed by atoms with Gasteiger partial charge in [-0.1, -0.05) is 23.7 Å². The van der Waals surface area contributed by atoms with Gasteiger partial charge in [0, 0.05) is 18.8 Å². The van der Waals surface area contributed by atoms with E-state index in [9.17, 15) is 18.0 Å². The Balaban J connectivity index is 1.95. The summed E-state index contributed by atoms with van der Waals surface area (Å²) < 4.78 is 38.9. The van der Waals surface area contributed by atoms with Crippen molar-refractivity contribution in [3.63, 3.8) is 0 Å². The highest BCUT2D eigenvalue weighted by Crippen LogP contribution is 2.36. The second-order valence-corrected chi connectivity index (χ2v) is 6.00. The van der Waals surface area contributed by atoms with E-state index in [4.69, 9.17) is 16.7 Å². The quantitative estimate of drug-likeness (QED) is 0.830. The van der Waals surface area contributed by atoms with E-state index in [2.05, 4.69) is 5.53 Å². The molecule has 0 fully saturated rings. The van der Waals surface area contributed by atoms with Crippen LogP contribution < -0.4 is 10.5 Å². The maximum absolute atomic E-state index is 13.0. The highest BCUT2D eigenvalue weighted by atomic mass is 35.5. The molecule has 9 heteroatoms. The van der Waals surface area contributed by atoms with Crippen LogP contribution in [-0.2, 0) is 6.18 Å². The standard InChI is InChI=1S/C17H13ClF3N3O2/c1-23-15(10-2-4-11(5-3-10)16(25)26)9-24(22-23)14-8-12(17(19,20)21)6-7-13(14)18/h2-9,22H,1H3,(H,25,26). The van der Waals surface area contributed by atoms with Crippen LogP contribution >= 0.6 is 11.6 Å². The average molecular weight is 384 g/mol. The summed E-state index contributed by atoms with van der Waals surface area (Å²) >= 11 is 6.06. The molecule has 0 aromatic heterocycles. The molecule has 0 spiro atoms. The first-order valence-electron chi connectivity index (χ1n) is 7.38. The topological polar surface area (TPSA) is 55.8 Å². The van der Waals surface area contributed by atoms with E-state index in [0.29, 0.717) is 11.3 Å². The van der Waals surface area contributed by atoms with Crippen LogP contribution in [-0.4, -0.2) is 23.1 Å². The Labute approximate surface area is 151 Å². The van der Waals surface area contributed by atoms with E-state index in [1.807, 2.05) is 0 Å². The van der Waals surface area contributed by atoms with E-state index in [0.717, 1.165) is 12.1 Å². The highest BCUT2D eigenvalue weighted by Gasteiger charge is 2.32. The number of rotatable bonds is 3. The molecule has 2 aromatic carbocycles. The SMILES string of the molecule is CN1NN(c2cc(C(F)(F)F)ccc2Cl)C=C1c1ccc(C(=O)O)cc1. The van der Waals surface area contributed by atoms with Crippen molar-refractivity contribution in [2.75, 3.05) is 12.1 Å². The predicted octanol–water partition coefficient (Wildman–Crippen LogP) is 4.23. The van der Waals surface area contributed by atoms with Crippen LogP contribution in [0.2, 0.25) is 5.02 Å². The Kier molecular flexibility index (Phi) is 4.55. The molecule has 2 N–H and O–H groups in total. The summed E-state index contributed by atoms with van der Waals surface area (Å²) in [5.74, 6) is -1.04. The zero-order valence-corrected chi connectivity index (χ0v) is 14.1. The normalized spacial score (nSPS) is 14.6. The van der Waals surface area contributed by atoms with Crippen molar-refractivity contribution in [2.24, 2.45) is 0 Å². The van der Waals surface area contributed by atoms with Gasteiger partial charge < -0.3 is 5.11 Å². The van der Waals surface area contributed by atoms with E-state index in [1.54, 1.807) is 30.4 Å². The number of benzene rings is 2. The second kappa shape index (κ2) is 6.54. The summed E-state index contributed by atoms with van der Waals surface area (Å²) in [5.41, 5.74) is 3.68. The summed E-state index contributed by atoms with van der Waals surface area (Å²) in [7, 11) is 1.68. The molecule has 3 rings (SSSR count). The van der Waals surface area contributed by atoms with Crippen LogP contribution in [0.15, 0.2) is 48.7 Å². The number of nitrogens with one attached hydrogen (secondary N) is 1. The van der Waals surface area contributed by atoms with Crippen LogP contribution in [0.4, 0.5) is 18.9 Å². The summed E-state index contributed by atoms with van der Waals surface area (Å²) in [5, 5.41) is 12.1. The fourth-order valence-corrected chi connectivity index (χ4v) is 2.71. The summed E-state index contributed by atoms with van der Waals surface area (Å²) in [6.45, 7) is 0. The van der Waals surface area contributed by atoms with Gasteiger partial charge in [0.1, 0.15) is 0 Å². The van der Waals surface area contributed by atoms with E-state index < -0.39 is 17.7 Å². The molecule has 1 aliphatic heterocycles. The number of carbonyl (C=O) groups is 1. The third-order valence-corrected chi connectivity index (χ3v) is 4.15. The summed E-state index contributed by atoms with van der Waals surface area (Å²) in [6, 6.07) is 9.19. The molecule has 136 valence electrons. The fraction of sp³-hybridized carbons (Fsp3) is 0.118. The Morgan fingerprint density at radius 3 is 2.38 bits per heavy atom. The Hall–Kier alpha value is -2.71. The minimum atomic E-state index is -4.48. The lowest BCUT2D eigenvalue weighted by atomic mass is 10.1. The molecule has 1 aliphatic rings. The molecular weight excluding hydrogens is 371 g/mol. The Morgan fingerprint density at radius 2 is 1.81 bits per heavy atom. The number of hydrogen-bond acceptors (Lipinski definition) is 4. The van der Waals surface area contributed by atoms with Gasteiger partial charge in [0.05, 0.1) is 27.5 Å². The van der Waals surface area contributed by atoms with Crippen LogP contribution in [0.3, 0.4) is 0 Å². The monoisotopic (exact) mass is 383 g/mol. The molecule has 0 atom stereocenters. The average Bonchev–Trinajstić information content (AvgIpc) is 2.96. The predicted molar refractivity (Wildman–Crippen MR) is 91.2 cm³/mol.